The van der Waals surface area contributed by atoms with E-state index < -0.39 is 0 Å². The third-order valence-corrected chi connectivity index (χ3v) is 3.60. The van der Waals surface area contributed by atoms with Crippen molar-refractivity contribution in [3.8, 4) is 5.75 Å². The molecule has 2 rings (SSSR count). The summed E-state index contributed by atoms with van der Waals surface area (Å²) in [5, 5.41) is 0.479. The maximum absolute atomic E-state index is 13.7. The summed E-state index contributed by atoms with van der Waals surface area (Å²) in [6, 6.07) is 8.12. The van der Waals surface area contributed by atoms with E-state index in [1.165, 1.54) is 12.1 Å². The molecule has 5 heteroatoms. The van der Waals surface area contributed by atoms with Crippen molar-refractivity contribution < 1.29 is 9.13 Å². The van der Waals surface area contributed by atoms with Crippen LogP contribution < -0.4 is 10.5 Å². The van der Waals surface area contributed by atoms with Crippen molar-refractivity contribution in [2.45, 2.75) is 20.5 Å². The standard InChI is InChI=1S/C16H15ClFNOS/c1-9-5-11(16(19)21)6-10(2)15(9)20-8-12-7-13(17)3-4-14(12)18/h3-7H,8H2,1-2H3,(H2,19,21). The molecule has 0 fully saturated rings. The third kappa shape index (κ3) is 3.71. The highest BCUT2D eigenvalue weighted by atomic mass is 35.5. The van der Waals surface area contributed by atoms with E-state index >= 15 is 0 Å². The molecule has 2 nitrogen and oxygen atoms in total. The van der Waals surface area contributed by atoms with Crippen molar-refractivity contribution >= 4 is 28.8 Å². The number of aryl methyl sites for hydroxylation is 2. The maximum Gasteiger partial charge on any atom is 0.129 e. The molecule has 0 aliphatic rings. The number of halogens is 2. The Kier molecular flexibility index (Phi) is 4.80. The van der Waals surface area contributed by atoms with Gasteiger partial charge in [0.1, 0.15) is 23.2 Å². The van der Waals surface area contributed by atoms with Gasteiger partial charge >= 0.3 is 0 Å². The van der Waals surface area contributed by atoms with E-state index in [2.05, 4.69) is 0 Å². The minimum Gasteiger partial charge on any atom is -0.488 e. The maximum atomic E-state index is 13.7. The fraction of sp³-hybridized carbons (Fsp3) is 0.188. The van der Waals surface area contributed by atoms with Crippen molar-refractivity contribution in [2.75, 3.05) is 0 Å². The first-order valence-electron chi connectivity index (χ1n) is 6.36. The Balaban J connectivity index is 2.24. The van der Waals surface area contributed by atoms with Crippen LogP contribution >= 0.6 is 23.8 Å². The first kappa shape index (κ1) is 15.7. The summed E-state index contributed by atoms with van der Waals surface area (Å²) < 4.78 is 19.4. The molecule has 0 saturated heterocycles. The normalized spacial score (nSPS) is 10.5. The first-order valence-corrected chi connectivity index (χ1v) is 7.15. The average molecular weight is 324 g/mol. The van der Waals surface area contributed by atoms with E-state index in [1.54, 1.807) is 6.07 Å². The number of benzene rings is 2. The molecule has 0 aliphatic heterocycles. The molecule has 0 saturated carbocycles. The van der Waals surface area contributed by atoms with Gasteiger partial charge < -0.3 is 10.5 Å². The zero-order valence-corrected chi connectivity index (χ0v) is 13.3. The Morgan fingerprint density at radius 1 is 1.24 bits per heavy atom. The van der Waals surface area contributed by atoms with Gasteiger partial charge in [-0.05, 0) is 55.3 Å². The molecular weight excluding hydrogens is 309 g/mol. The highest BCUT2D eigenvalue weighted by Gasteiger charge is 2.10. The summed E-state index contributed by atoms with van der Waals surface area (Å²) in [6.07, 6.45) is 0. The molecule has 0 aromatic heterocycles. The van der Waals surface area contributed by atoms with Gasteiger partial charge in [-0.1, -0.05) is 23.8 Å². The molecule has 0 atom stereocenters. The zero-order valence-electron chi connectivity index (χ0n) is 11.7. The topological polar surface area (TPSA) is 35.2 Å². The third-order valence-electron chi connectivity index (χ3n) is 3.12. The number of rotatable bonds is 4. The van der Waals surface area contributed by atoms with Crippen molar-refractivity contribution in [3.05, 3.63) is 63.4 Å². The first-order chi connectivity index (χ1) is 9.88. The summed E-state index contributed by atoms with van der Waals surface area (Å²) in [6.45, 7) is 3.91. The van der Waals surface area contributed by atoms with Gasteiger partial charge in [-0.3, -0.25) is 0 Å². The minimum atomic E-state index is -0.338. The lowest BCUT2D eigenvalue weighted by molar-refractivity contribution is 0.296. The van der Waals surface area contributed by atoms with E-state index in [9.17, 15) is 4.39 Å². The summed E-state index contributed by atoms with van der Waals surface area (Å²) in [4.78, 5) is 0.341. The van der Waals surface area contributed by atoms with E-state index in [0.29, 0.717) is 21.3 Å². The van der Waals surface area contributed by atoms with Crippen LogP contribution in [-0.4, -0.2) is 4.99 Å². The Hall–Kier alpha value is -1.65. The SMILES string of the molecule is Cc1cc(C(N)=S)cc(C)c1OCc1cc(Cl)ccc1F. The lowest BCUT2D eigenvalue weighted by atomic mass is 10.1. The number of hydrogen-bond acceptors (Lipinski definition) is 2. The highest BCUT2D eigenvalue weighted by molar-refractivity contribution is 7.80. The average Bonchev–Trinajstić information content (AvgIpc) is 2.41. The fourth-order valence-corrected chi connectivity index (χ4v) is 2.44. The monoisotopic (exact) mass is 323 g/mol. The van der Waals surface area contributed by atoms with Gasteiger partial charge in [-0.2, -0.15) is 0 Å². The summed E-state index contributed by atoms with van der Waals surface area (Å²) in [5.74, 6) is 0.365. The van der Waals surface area contributed by atoms with E-state index in [-0.39, 0.29) is 12.4 Å². The van der Waals surface area contributed by atoms with Crippen LogP contribution in [0.3, 0.4) is 0 Å². The molecule has 0 radical (unpaired) electrons. The van der Waals surface area contributed by atoms with Gasteiger partial charge in [0.05, 0.1) is 0 Å². The molecular formula is C16H15ClFNOS. The van der Waals surface area contributed by atoms with Crippen molar-refractivity contribution in [3.63, 3.8) is 0 Å². The molecule has 0 aliphatic carbocycles. The molecule has 0 unspecified atom stereocenters. The highest BCUT2D eigenvalue weighted by Crippen LogP contribution is 2.26. The largest absolute Gasteiger partial charge is 0.488 e. The van der Waals surface area contributed by atoms with Crippen molar-refractivity contribution in [2.24, 2.45) is 5.73 Å². The number of ether oxygens (including phenoxy) is 1. The lowest BCUT2D eigenvalue weighted by Gasteiger charge is -2.14. The van der Waals surface area contributed by atoms with E-state index in [1.807, 2.05) is 26.0 Å². The van der Waals surface area contributed by atoms with E-state index in [0.717, 1.165) is 16.7 Å². The molecule has 2 aromatic rings. The molecule has 0 amide bonds. The zero-order chi connectivity index (χ0) is 15.6. The number of thiocarbonyl (C=S) groups is 1. The molecule has 2 aromatic carbocycles. The van der Waals surface area contributed by atoms with Crippen LogP contribution in [0, 0.1) is 19.7 Å². The molecule has 2 N–H and O–H groups in total. The van der Waals surface area contributed by atoms with Crippen molar-refractivity contribution in [1.29, 1.82) is 0 Å². The Morgan fingerprint density at radius 2 is 1.86 bits per heavy atom. The van der Waals surface area contributed by atoms with Crippen LogP contribution in [-0.2, 0) is 6.61 Å². The van der Waals surface area contributed by atoms with Gasteiger partial charge in [0.15, 0.2) is 0 Å². The lowest BCUT2D eigenvalue weighted by Crippen LogP contribution is -2.10. The van der Waals surface area contributed by atoms with Crippen LogP contribution in [0.1, 0.15) is 22.3 Å². The second-order valence-electron chi connectivity index (χ2n) is 4.83. The second-order valence-corrected chi connectivity index (χ2v) is 5.70. The Bertz CT molecular complexity index is 680. The minimum absolute atomic E-state index is 0.112. The smallest absolute Gasteiger partial charge is 0.129 e. The van der Waals surface area contributed by atoms with Crippen LogP contribution in [0.4, 0.5) is 4.39 Å². The van der Waals surface area contributed by atoms with Crippen LogP contribution in [0.25, 0.3) is 0 Å². The van der Waals surface area contributed by atoms with Gasteiger partial charge in [0, 0.05) is 16.1 Å². The number of nitrogens with two attached hydrogens (primary N) is 1. The summed E-state index contributed by atoms with van der Waals surface area (Å²) in [7, 11) is 0. The number of hydrogen-bond donors (Lipinski definition) is 1. The van der Waals surface area contributed by atoms with Gasteiger partial charge in [-0.25, -0.2) is 4.39 Å². The predicted octanol–water partition coefficient (Wildman–Crippen LogP) is 4.31. The van der Waals surface area contributed by atoms with Crippen molar-refractivity contribution in [1.82, 2.24) is 0 Å². The predicted molar refractivity (Wildman–Crippen MR) is 87.5 cm³/mol. The Morgan fingerprint density at radius 3 is 2.43 bits per heavy atom. The summed E-state index contributed by atoms with van der Waals surface area (Å²) in [5.41, 5.74) is 8.64. The molecule has 0 spiro atoms. The van der Waals surface area contributed by atoms with Gasteiger partial charge in [0.25, 0.3) is 0 Å². The quantitative estimate of drug-likeness (QED) is 0.852. The van der Waals surface area contributed by atoms with Crippen LogP contribution in [0.2, 0.25) is 5.02 Å². The Labute approximate surface area is 133 Å². The second kappa shape index (κ2) is 6.41. The molecule has 0 heterocycles. The molecule has 0 bridgehead atoms. The molecule has 110 valence electrons. The van der Waals surface area contributed by atoms with Crippen LogP contribution in [0.5, 0.6) is 5.75 Å². The van der Waals surface area contributed by atoms with Gasteiger partial charge in [0.2, 0.25) is 0 Å². The molecule has 21 heavy (non-hydrogen) atoms. The summed E-state index contributed by atoms with van der Waals surface area (Å²) >= 11 is 10.8. The van der Waals surface area contributed by atoms with Crippen LogP contribution in [0.15, 0.2) is 30.3 Å². The van der Waals surface area contributed by atoms with Gasteiger partial charge in [-0.15, -0.1) is 0 Å². The fourth-order valence-electron chi connectivity index (χ4n) is 2.12. The van der Waals surface area contributed by atoms with E-state index in [4.69, 9.17) is 34.3 Å².